The smallest absolute Gasteiger partial charge is 0.337 e. The topological polar surface area (TPSA) is 116 Å². The second kappa shape index (κ2) is 10.1. The van der Waals surface area contributed by atoms with Crippen molar-refractivity contribution in [3.63, 3.8) is 0 Å². The van der Waals surface area contributed by atoms with E-state index in [0.717, 1.165) is 5.56 Å². The number of nitrogens with zero attached hydrogens (tertiary/aromatic N) is 4. The predicted octanol–water partition coefficient (Wildman–Crippen LogP) is 4.16. The first-order chi connectivity index (χ1) is 16.4. The Morgan fingerprint density at radius 2 is 1.79 bits per heavy atom. The lowest BCUT2D eigenvalue weighted by molar-refractivity contribution is 0.0600. The predicted molar refractivity (Wildman–Crippen MR) is 132 cm³/mol. The normalized spacial score (nSPS) is 11.1. The molecule has 0 bridgehead atoms. The van der Waals surface area contributed by atoms with Crippen LogP contribution in [0.1, 0.15) is 46.3 Å². The molecule has 0 saturated heterocycles. The number of esters is 1. The summed E-state index contributed by atoms with van der Waals surface area (Å²) in [6.45, 7) is 3.67. The third-order valence-corrected chi connectivity index (χ3v) is 6.94. The van der Waals surface area contributed by atoms with E-state index in [9.17, 15) is 14.4 Å². The Kier molecular flexibility index (Phi) is 7.03. The molecule has 0 saturated carbocycles. The molecule has 34 heavy (non-hydrogen) atoms. The van der Waals surface area contributed by atoms with Crippen LogP contribution in [0.2, 0.25) is 0 Å². The summed E-state index contributed by atoms with van der Waals surface area (Å²) in [6.07, 6.45) is 0. The van der Waals surface area contributed by atoms with Gasteiger partial charge in [-0.15, -0.1) is 10.2 Å². The van der Waals surface area contributed by atoms with Gasteiger partial charge in [-0.1, -0.05) is 53.4 Å². The fourth-order valence-corrected chi connectivity index (χ4v) is 4.90. The molecule has 11 heteroatoms. The summed E-state index contributed by atoms with van der Waals surface area (Å²) in [5.74, 6) is -0.221. The maximum atomic E-state index is 13.0. The third kappa shape index (κ3) is 5.00. The molecule has 0 aliphatic heterocycles. The number of rotatable bonds is 7. The number of nitrogens with one attached hydrogen (secondary N) is 1. The van der Waals surface area contributed by atoms with Crippen LogP contribution in [0.5, 0.6) is 0 Å². The quantitative estimate of drug-likeness (QED) is 0.231. The Balaban J connectivity index is 1.48. The van der Waals surface area contributed by atoms with Gasteiger partial charge < -0.3 is 4.74 Å². The number of carbonyl (C=O) groups is 2. The first-order valence-corrected chi connectivity index (χ1v) is 12.1. The molecule has 0 spiro atoms. The van der Waals surface area contributed by atoms with E-state index >= 15 is 0 Å². The van der Waals surface area contributed by atoms with Crippen LogP contribution in [-0.4, -0.2) is 39.0 Å². The van der Waals surface area contributed by atoms with Gasteiger partial charge in [0.1, 0.15) is 0 Å². The lowest BCUT2D eigenvalue weighted by Crippen LogP contribution is -2.28. The Labute approximate surface area is 203 Å². The molecular formula is C23H21N5O4S2. The maximum Gasteiger partial charge on any atom is 0.337 e. The van der Waals surface area contributed by atoms with Crippen LogP contribution in [0.15, 0.2) is 57.7 Å². The van der Waals surface area contributed by atoms with Crippen molar-refractivity contribution in [1.29, 1.82) is 0 Å². The molecule has 0 aliphatic carbocycles. The summed E-state index contributed by atoms with van der Waals surface area (Å²) in [5.41, 5.74) is 1.41. The average Bonchev–Trinajstić information content (AvgIpc) is 3.29. The monoisotopic (exact) mass is 495 g/mol. The van der Waals surface area contributed by atoms with E-state index < -0.39 is 5.91 Å². The van der Waals surface area contributed by atoms with Gasteiger partial charge in [-0.05, 0) is 37.6 Å². The first kappa shape index (κ1) is 23.6. The summed E-state index contributed by atoms with van der Waals surface area (Å²) in [6, 6.07) is 13.8. The molecule has 1 amide bonds. The van der Waals surface area contributed by atoms with Crippen molar-refractivity contribution in [2.24, 2.45) is 0 Å². The lowest BCUT2D eigenvalue weighted by Gasteiger charge is -2.12. The first-order valence-electron chi connectivity index (χ1n) is 10.3. The summed E-state index contributed by atoms with van der Waals surface area (Å²) >= 11 is 2.71. The van der Waals surface area contributed by atoms with Gasteiger partial charge in [-0.2, -0.15) is 5.10 Å². The molecule has 0 unspecified atom stereocenters. The zero-order valence-electron chi connectivity index (χ0n) is 18.6. The van der Waals surface area contributed by atoms with Gasteiger partial charge in [-0.25, -0.2) is 9.48 Å². The molecule has 174 valence electrons. The van der Waals surface area contributed by atoms with Crippen LogP contribution in [0.3, 0.4) is 0 Å². The highest BCUT2D eigenvalue weighted by Gasteiger charge is 2.19. The second-order valence-electron chi connectivity index (χ2n) is 7.54. The van der Waals surface area contributed by atoms with Crippen LogP contribution in [0.4, 0.5) is 5.13 Å². The number of amides is 1. The summed E-state index contributed by atoms with van der Waals surface area (Å²) in [5, 5.41) is 16.5. The van der Waals surface area contributed by atoms with Crippen LogP contribution >= 0.6 is 23.1 Å². The summed E-state index contributed by atoms with van der Waals surface area (Å²) < 4.78 is 6.69. The van der Waals surface area contributed by atoms with Crippen molar-refractivity contribution in [3.05, 3.63) is 75.7 Å². The van der Waals surface area contributed by atoms with E-state index in [1.165, 1.54) is 34.9 Å². The van der Waals surface area contributed by atoms with Gasteiger partial charge in [-0.3, -0.25) is 14.9 Å². The molecule has 1 N–H and O–H groups in total. The van der Waals surface area contributed by atoms with Crippen molar-refractivity contribution in [2.45, 2.75) is 30.0 Å². The molecule has 9 nitrogen and oxygen atoms in total. The van der Waals surface area contributed by atoms with E-state index in [4.69, 9.17) is 4.74 Å². The molecule has 2 aromatic heterocycles. The second-order valence-corrected chi connectivity index (χ2v) is 9.74. The summed E-state index contributed by atoms with van der Waals surface area (Å²) in [7, 11) is 1.34. The summed E-state index contributed by atoms with van der Waals surface area (Å²) in [4.78, 5) is 37.2. The molecule has 0 atom stereocenters. The molecular weight excluding hydrogens is 474 g/mol. The Hall–Kier alpha value is -3.57. The van der Waals surface area contributed by atoms with Crippen LogP contribution in [0.25, 0.3) is 10.8 Å². The molecule has 0 aliphatic rings. The van der Waals surface area contributed by atoms with Crippen molar-refractivity contribution in [1.82, 2.24) is 20.0 Å². The number of hydrogen-bond donors (Lipinski definition) is 1. The van der Waals surface area contributed by atoms with E-state index in [-0.39, 0.29) is 23.3 Å². The number of hydrogen-bond acceptors (Lipinski definition) is 9. The van der Waals surface area contributed by atoms with Crippen molar-refractivity contribution < 1.29 is 14.3 Å². The van der Waals surface area contributed by atoms with Gasteiger partial charge in [0.15, 0.2) is 10.0 Å². The van der Waals surface area contributed by atoms with E-state index in [1.54, 1.807) is 36.4 Å². The van der Waals surface area contributed by atoms with Gasteiger partial charge in [0, 0.05) is 11.1 Å². The zero-order chi connectivity index (χ0) is 24.2. The number of fused-ring (bicyclic) bond motifs is 1. The molecule has 0 radical (unpaired) electrons. The number of aromatic nitrogens is 4. The highest BCUT2D eigenvalue weighted by Crippen LogP contribution is 2.29. The fourth-order valence-electron chi connectivity index (χ4n) is 3.20. The molecule has 2 aromatic carbocycles. The van der Waals surface area contributed by atoms with Crippen LogP contribution in [0, 0.1) is 0 Å². The highest BCUT2D eigenvalue weighted by molar-refractivity contribution is 8.00. The lowest BCUT2D eigenvalue weighted by atomic mass is 10.1. The van der Waals surface area contributed by atoms with Crippen molar-refractivity contribution >= 4 is 50.9 Å². The maximum absolute atomic E-state index is 13.0. The Morgan fingerprint density at radius 1 is 1.09 bits per heavy atom. The van der Waals surface area contributed by atoms with Crippen LogP contribution < -0.4 is 10.9 Å². The van der Waals surface area contributed by atoms with E-state index in [2.05, 4.69) is 20.6 Å². The number of anilines is 1. The van der Waals surface area contributed by atoms with Crippen LogP contribution in [-0.2, 0) is 10.5 Å². The minimum absolute atomic E-state index is 0.152. The van der Waals surface area contributed by atoms with Crippen molar-refractivity contribution in [3.8, 4) is 0 Å². The number of methoxy groups -OCH3 is 1. The highest BCUT2D eigenvalue weighted by atomic mass is 32.2. The Morgan fingerprint density at radius 3 is 2.47 bits per heavy atom. The molecule has 2 heterocycles. The largest absolute Gasteiger partial charge is 0.465 e. The Bertz CT molecular complexity index is 1410. The van der Waals surface area contributed by atoms with E-state index in [0.29, 0.717) is 31.6 Å². The van der Waals surface area contributed by atoms with Gasteiger partial charge in [0.25, 0.3) is 11.5 Å². The number of thioether (sulfide) groups is 1. The molecule has 4 aromatic rings. The standard InChI is InChI=1S/C23H21N5O4S2/c1-13(2)28-20(30)17-7-5-4-6-16(17)18(27-28)19(29)24-22-25-26-23(34-22)33-12-14-8-10-15(11-9-14)21(31)32-3/h4-11,13H,12H2,1-3H3,(H,24,25,29). The van der Waals surface area contributed by atoms with Crippen molar-refractivity contribution in [2.75, 3.05) is 12.4 Å². The van der Waals surface area contributed by atoms with Gasteiger partial charge >= 0.3 is 5.97 Å². The minimum atomic E-state index is -0.461. The number of carbonyl (C=O) groups excluding carboxylic acids is 2. The van der Waals surface area contributed by atoms with E-state index in [1.807, 2.05) is 26.0 Å². The minimum Gasteiger partial charge on any atom is -0.465 e. The third-order valence-electron chi connectivity index (χ3n) is 4.90. The number of ether oxygens (including phenoxy) is 1. The SMILES string of the molecule is COC(=O)c1ccc(CSc2nnc(NC(=O)c3nn(C(C)C)c(=O)c4ccccc34)s2)cc1. The number of benzene rings is 2. The molecule has 4 rings (SSSR count). The molecule has 0 fully saturated rings. The fraction of sp³-hybridized carbons (Fsp3) is 0.217. The average molecular weight is 496 g/mol. The zero-order valence-corrected chi connectivity index (χ0v) is 20.3. The van der Waals surface area contributed by atoms with Gasteiger partial charge in [0.05, 0.1) is 24.1 Å². The van der Waals surface area contributed by atoms with Gasteiger partial charge in [0.2, 0.25) is 5.13 Å².